The molecule has 156 valence electrons. The van der Waals surface area contributed by atoms with Crippen LogP contribution in [0.1, 0.15) is 38.8 Å². The number of carbonyl (C=O) groups is 2. The van der Waals surface area contributed by atoms with E-state index in [9.17, 15) is 9.59 Å². The van der Waals surface area contributed by atoms with Crippen LogP contribution in [0.3, 0.4) is 0 Å². The molecule has 1 aromatic heterocycles. The highest BCUT2D eigenvalue weighted by Gasteiger charge is 2.24. The molecule has 29 heavy (non-hydrogen) atoms. The molecular weight excluding hydrogens is 370 g/mol. The molecule has 1 atom stereocenters. The molecule has 0 aliphatic carbocycles. The summed E-state index contributed by atoms with van der Waals surface area (Å²) < 4.78 is 10.7. The average Bonchev–Trinajstić information content (AvgIpc) is 2.70. The molecular formula is C22H29N3O4. The summed E-state index contributed by atoms with van der Waals surface area (Å²) in [6.07, 6.45) is 1.08. The van der Waals surface area contributed by atoms with Gasteiger partial charge in [-0.1, -0.05) is 50.2 Å². The predicted molar refractivity (Wildman–Crippen MR) is 110 cm³/mol. The van der Waals surface area contributed by atoms with Crippen LogP contribution in [0.25, 0.3) is 0 Å². The molecule has 7 nitrogen and oxygen atoms in total. The molecule has 0 radical (unpaired) electrons. The van der Waals surface area contributed by atoms with Crippen molar-refractivity contribution >= 4 is 12.0 Å². The number of amides is 2. The number of benzene rings is 1. The van der Waals surface area contributed by atoms with Crippen molar-refractivity contribution in [2.45, 2.75) is 53.0 Å². The Labute approximate surface area is 171 Å². The Kier molecular flexibility index (Phi) is 8.45. The van der Waals surface area contributed by atoms with E-state index in [-0.39, 0.29) is 24.5 Å². The Bertz CT molecular complexity index is 776. The first-order chi connectivity index (χ1) is 13.8. The lowest BCUT2D eigenvalue weighted by atomic mass is 10.0. The number of pyridine rings is 1. The molecule has 0 bridgehead atoms. The van der Waals surface area contributed by atoms with Crippen LogP contribution in [0, 0.1) is 5.92 Å². The molecule has 0 unspecified atom stereocenters. The Morgan fingerprint density at radius 1 is 1.00 bits per heavy atom. The summed E-state index contributed by atoms with van der Waals surface area (Å²) in [5.41, 5.74) is 1.72. The second-order valence-electron chi connectivity index (χ2n) is 7.32. The van der Waals surface area contributed by atoms with Gasteiger partial charge in [0, 0.05) is 18.8 Å². The van der Waals surface area contributed by atoms with Crippen LogP contribution in [0.15, 0.2) is 48.7 Å². The number of nitrogens with one attached hydrogen (secondary N) is 2. The summed E-state index contributed by atoms with van der Waals surface area (Å²) in [6.45, 7) is 8.04. The van der Waals surface area contributed by atoms with Gasteiger partial charge in [-0.2, -0.15) is 0 Å². The maximum Gasteiger partial charge on any atom is 0.408 e. The third-order valence-electron chi connectivity index (χ3n) is 4.06. The molecule has 1 aromatic carbocycles. The van der Waals surface area contributed by atoms with Crippen LogP contribution in [0.5, 0.6) is 5.88 Å². The number of alkyl carbamates (subject to hydrolysis) is 1. The normalized spacial score (nSPS) is 11.8. The standard InChI is InChI=1S/C22H29N3O4/c1-15(2)20(25-22(27)28-14-17-8-6-5-7-9-17)21(26)24-13-18-10-11-19(23-12-18)29-16(3)4/h5-12,15-16,20H,13-14H2,1-4H3,(H,24,26)(H,25,27)/t20-/m0/s1. The van der Waals surface area contributed by atoms with Crippen LogP contribution in [0.2, 0.25) is 0 Å². The maximum absolute atomic E-state index is 12.6. The highest BCUT2D eigenvalue weighted by molar-refractivity contribution is 5.85. The Balaban J connectivity index is 1.84. The van der Waals surface area contributed by atoms with Gasteiger partial charge in [0.15, 0.2) is 0 Å². The second-order valence-corrected chi connectivity index (χ2v) is 7.32. The van der Waals surface area contributed by atoms with E-state index in [1.807, 2.05) is 64.1 Å². The minimum Gasteiger partial charge on any atom is -0.475 e. The third kappa shape index (κ3) is 7.81. The summed E-state index contributed by atoms with van der Waals surface area (Å²) in [5.74, 6) is 0.163. The number of aromatic nitrogens is 1. The predicted octanol–water partition coefficient (Wildman–Crippen LogP) is 3.44. The lowest BCUT2D eigenvalue weighted by Crippen LogP contribution is -2.49. The first-order valence-electron chi connectivity index (χ1n) is 9.71. The fourth-order valence-corrected chi connectivity index (χ4v) is 2.55. The van der Waals surface area contributed by atoms with Gasteiger partial charge in [0.25, 0.3) is 0 Å². The Morgan fingerprint density at radius 2 is 1.72 bits per heavy atom. The lowest BCUT2D eigenvalue weighted by molar-refractivity contribution is -0.124. The van der Waals surface area contributed by atoms with Gasteiger partial charge in [-0.25, -0.2) is 9.78 Å². The van der Waals surface area contributed by atoms with Crippen molar-refractivity contribution in [3.8, 4) is 5.88 Å². The highest BCUT2D eigenvalue weighted by Crippen LogP contribution is 2.10. The SMILES string of the molecule is CC(C)Oc1ccc(CNC(=O)[C@@H](NC(=O)OCc2ccccc2)C(C)C)cn1. The van der Waals surface area contributed by atoms with Crippen molar-refractivity contribution in [2.24, 2.45) is 5.92 Å². The molecule has 2 amide bonds. The highest BCUT2D eigenvalue weighted by atomic mass is 16.5. The molecule has 7 heteroatoms. The summed E-state index contributed by atoms with van der Waals surface area (Å²) in [4.78, 5) is 28.9. The molecule has 1 heterocycles. The van der Waals surface area contributed by atoms with Crippen LogP contribution in [-0.4, -0.2) is 29.1 Å². The quantitative estimate of drug-likeness (QED) is 0.674. The van der Waals surface area contributed by atoms with Crippen LogP contribution >= 0.6 is 0 Å². The van der Waals surface area contributed by atoms with Gasteiger partial charge < -0.3 is 20.1 Å². The molecule has 2 N–H and O–H groups in total. The fourth-order valence-electron chi connectivity index (χ4n) is 2.55. The summed E-state index contributed by atoms with van der Waals surface area (Å²) >= 11 is 0. The van der Waals surface area contributed by atoms with Crippen LogP contribution in [-0.2, 0) is 22.7 Å². The van der Waals surface area contributed by atoms with Crippen molar-refractivity contribution in [3.05, 3.63) is 59.8 Å². The molecule has 2 rings (SSSR count). The van der Waals surface area contributed by atoms with E-state index in [0.717, 1.165) is 11.1 Å². The zero-order valence-corrected chi connectivity index (χ0v) is 17.3. The second kappa shape index (κ2) is 11.0. The molecule has 0 aliphatic heterocycles. The van der Waals surface area contributed by atoms with Gasteiger partial charge in [-0.05, 0) is 30.9 Å². The third-order valence-corrected chi connectivity index (χ3v) is 4.06. The van der Waals surface area contributed by atoms with Gasteiger partial charge in [-0.15, -0.1) is 0 Å². The maximum atomic E-state index is 12.6. The van der Waals surface area contributed by atoms with Crippen molar-refractivity contribution in [2.75, 3.05) is 0 Å². The Hall–Kier alpha value is -3.09. The van der Waals surface area contributed by atoms with Crippen molar-refractivity contribution in [1.82, 2.24) is 15.6 Å². The molecule has 0 aliphatic rings. The van der Waals surface area contributed by atoms with Gasteiger partial charge in [0.1, 0.15) is 12.6 Å². The minimum atomic E-state index is -0.699. The number of hydrogen-bond acceptors (Lipinski definition) is 5. The van der Waals surface area contributed by atoms with Gasteiger partial charge in [-0.3, -0.25) is 4.79 Å². The van der Waals surface area contributed by atoms with E-state index in [1.165, 1.54) is 0 Å². The van der Waals surface area contributed by atoms with Crippen LogP contribution < -0.4 is 15.4 Å². The number of rotatable bonds is 9. The van der Waals surface area contributed by atoms with E-state index in [0.29, 0.717) is 12.4 Å². The molecule has 0 fully saturated rings. The first kappa shape index (κ1) is 22.2. The van der Waals surface area contributed by atoms with E-state index in [2.05, 4.69) is 15.6 Å². The fraction of sp³-hybridized carbons (Fsp3) is 0.409. The number of hydrogen-bond donors (Lipinski definition) is 2. The van der Waals surface area contributed by atoms with Crippen molar-refractivity contribution < 1.29 is 19.1 Å². The number of nitrogens with zero attached hydrogens (tertiary/aromatic N) is 1. The monoisotopic (exact) mass is 399 g/mol. The molecule has 0 saturated carbocycles. The average molecular weight is 399 g/mol. The topological polar surface area (TPSA) is 89.6 Å². The number of ether oxygens (including phenoxy) is 2. The molecule has 0 spiro atoms. The lowest BCUT2D eigenvalue weighted by Gasteiger charge is -2.21. The van der Waals surface area contributed by atoms with Crippen molar-refractivity contribution in [3.63, 3.8) is 0 Å². The van der Waals surface area contributed by atoms with Gasteiger partial charge >= 0.3 is 6.09 Å². The smallest absolute Gasteiger partial charge is 0.408 e. The largest absolute Gasteiger partial charge is 0.475 e. The minimum absolute atomic E-state index is 0.0487. The first-order valence-corrected chi connectivity index (χ1v) is 9.71. The van der Waals surface area contributed by atoms with E-state index in [4.69, 9.17) is 9.47 Å². The molecule has 0 saturated heterocycles. The van der Waals surface area contributed by atoms with E-state index in [1.54, 1.807) is 12.3 Å². The zero-order chi connectivity index (χ0) is 21.2. The Morgan fingerprint density at radius 3 is 2.31 bits per heavy atom. The van der Waals surface area contributed by atoms with E-state index >= 15 is 0 Å². The summed E-state index contributed by atoms with van der Waals surface area (Å²) in [7, 11) is 0. The van der Waals surface area contributed by atoms with Crippen molar-refractivity contribution in [1.29, 1.82) is 0 Å². The molecule has 2 aromatic rings. The summed E-state index contributed by atoms with van der Waals surface area (Å²) in [6, 6.07) is 12.3. The van der Waals surface area contributed by atoms with Gasteiger partial charge in [0.05, 0.1) is 6.10 Å². The van der Waals surface area contributed by atoms with Gasteiger partial charge in [0.2, 0.25) is 11.8 Å². The van der Waals surface area contributed by atoms with Crippen LogP contribution in [0.4, 0.5) is 4.79 Å². The summed E-state index contributed by atoms with van der Waals surface area (Å²) in [5, 5.41) is 5.47. The zero-order valence-electron chi connectivity index (χ0n) is 17.3. The van der Waals surface area contributed by atoms with E-state index < -0.39 is 12.1 Å². The number of carbonyl (C=O) groups excluding carboxylic acids is 2.